The number of sulfonamides is 1. The van der Waals surface area contributed by atoms with Crippen LogP contribution >= 0.6 is 11.3 Å². The van der Waals surface area contributed by atoms with Crippen LogP contribution in [0.25, 0.3) is 11.6 Å². The van der Waals surface area contributed by atoms with Crippen molar-refractivity contribution in [3.05, 3.63) is 46.8 Å². The van der Waals surface area contributed by atoms with E-state index in [-0.39, 0.29) is 9.78 Å². The molecule has 2 heterocycles. The Bertz CT molecular complexity index is 1000. The van der Waals surface area contributed by atoms with Crippen LogP contribution in [0.4, 0.5) is 5.69 Å². The van der Waals surface area contributed by atoms with E-state index in [2.05, 4.69) is 18.7 Å². The van der Waals surface area contributed by atoms with Gasteiger partial charge in [0.25, 0.3) is 10.0 Å². The van der Waals surface area contributed by atoms with Crippen molar-refractivity contribution in [3.8, 4) is 0 Å². The summed E-state index contributed by atoms with van der Waals surface area (Å²) in [5.74, 6) is -1.10. The molecule has 1 aromatic carbocycles. The Kier molecular flexibility index (Phi) is 7.30. The van der Waals surface area contributed by atoms with Crippen molar-refractivity contribution in [1.82, 2.24) is 4.31 Å². The summed E-state index contributed by atoms with van der Waals surface area (Å²) in [5.41, 5.74) is 1.89. The fourth-order valence-electron chi connectivity index (χ4n) is 3.29. The normalized spacial score (nSPS) is 15.9. The van der Waals surface area contributed by atoms with Gasteiger partial charge < -0.3 is 14.7 Å². The number of thiophene rings is 1. The van der Waals surface area contributed by atoms with Crippen molar-refractivity contribution >= 4 is 44.7 Å². The van der Waals surface area contributed by atoms with Crippen molar-refractivity contribution in [1.29, 1.82) is 0 Å². The maximum Gasteiger partial charge on any atom is 0.337 e. The van der Waals surface area contributed by atoms with Gasteiger partial charge in [-0.15, -0.1) is 11.3 Å². The highest BCUT2D eigenvalue weighted by atomic mass is 32.2. The smallest absolute Gasteiger partial charge is 0.337 e. The first-order chi connectivity index (χ1) is 14.4. The molecule has 0 radical (unpaired) electrons. The molecular weight excluding hydrogens is 424 g/mol. The van der Waals surface area contributed by atoms with Crippen LogP contribution in [0.2, 0.25) is 0 Å². The monoisotopic (exact) mass is 450 g/mol. The van der Waals surface area contributed by atoms with E-state index in [4.69, 9.17) is 4.74 Å². The van der Waals surface area contributed by atoms with E-state index in [1.54, 1.807) is 12.1 Å². The number of carboxylic acid groups (broad SMARTS) is 1. The quantitative estimate of drug-likeness (QED) is 0.622. The number of hydrogen-bond acceptors (Lipinski definition) is 6. The zero-order valence-corrected chi connectivity index (χ0v) is 18.7. The van der Waals surface area contributed by atoms with E-state index >= 15 is 0 Å². The zero-order valence-electron chi connectivity index (χ0n) is 17.1. The highest BCUT2D eigenvalue weighted by molar-refractivity contribution is 7.91. The number of benzene rings is 1. The molecule has 1 aliphatic heterocycles. The predicted molar refractivity (Wildman–Crippen MR) is 119 cm³/mol. The minimum atomic E-state index is -3.65. The first-order valence-electron chi connectivity index (χ1n) is 9.85. The second kappa shape index (κ2) is 9.74. The zero-order chi connectivity index (χ0) is 21.7. The SMILES string of the molecule is CCN(CC)c1ccc(C=C(C(=O)O)c2ccc(S(=O)(=O)N3CCOCC3)s2)cc1. The summed E-state index contributed by atoms with van der Waals surface area (Å²) in [6, 6.07) is 10.7. The van der Waals surface area contributed by atoms with E-state index < -0.39 is 16.0 Å². The van der Waals surface area contributed by atoms with Crippen molar-refractivity contribution in [2.75, 3.05) is 44.3 Å². The lowest BCUT2D eigenvalue weighted by Crippen LogP contribution is -2.40. The summed E-state index contributed by atoms with van der Waals surface area (Å²) in [6.45, 7) is 7.27. The fraction of sp³-hybridized carbons (Fsp3) is 0.381. The highest BCUT2D eigenvalue weighted by Gasteiger charge is 2.28. The number of carboxylic acids is 1. The van der Waals surface area contributed by atoms with Gasteiger partial charge in [-0.1, -0.05) is 12.1 Å². The molecule has 162 valence electrons. The summed E-state index contributed by atoms with van der Waals surface area (Å²) in [7, 11) is -3.65. The number of morpholine rings is 1. The minimum absolute atomic E-state index is 0.0685. The van der Waals surface area contributed by atoms with Crippen LogP contribution in [0.5, 0.6) is 0 Å². The molecule has 0 saturated carbocycles. The lowest BCUT2D eigenvalue weighted by Gasteiger charge is -2.25. The van der Waals surface area contributed by atoms with E-state index in [1.165, 1.54) is 10.4 Å². The molecule has 2 aromatic rings. The maximum absolute atomic E-state index is 12.8. The van der Waals surface area contributed by atoms with Gasteiger partial charge in [-0.05, 0) is 49.8 Å². The van der Waals surface area contributed by atoms with Crippen LogP contribution in [0.3, 0.4) is 0 Å². The van der Waals surface area contributed by atoms with Gasteiger partial charge in [0.15, 0.2) is 0 Å². The second-order valence-corrected chi connectivity index (χ2v) is 10.0. The third-order valence-corrected chi connectivity index (χ3v) is 8.46. The predicted octanol–water partition coefficient (Wildman–Crippen LogP) is 3.24. The molecule has 0 unspecified atom stereocenters. The Morgan fingerprint density at radius 3 is 2.33 bits per heavy atom. The number of ether oxygens (including phenoxy) is 1. The lowest BCUT2D eigenvalue weighted by molar-refractivity contribution is -0.130. The molecule has 0 aliphatic carbocycles. The van der Waals surface area contributed by atoms with Gasteiger partial charge in [0, 0.05) is 36.7 Å². The molecule has 1 saturated heterocycles. The molecule has 1 fully saturated rings. The minimum Gasteiger partial charge on any atom is -0.478 e. The Morgan fingerprint density at radius 2 is 1.77 bits per heavy atom. The van der Waals surface area contributed by atoms with Crippen LogP contribution in [0.1, 0.15) is 24.3 Å². The third-order valence-electron chi connectivity index (χ3n) is 4.97. The topological polar surface area (TPSA) is 87.2 Å². The van der Waals surface area contributed by atoms with Crippen LogP contribution in [-0.4, -0.2) is 63.2 Å². The molecule has 0 spiro atoms. The first kappa shape index (κ1) is 22.5. The highest BCUT2D eigenvalue weighted by Crippen LogP contribution is 2.31. The fourth-order valence-corrected chi connectivity index (χ4v) is 6.17. The second-order valence-electron chi connectivity index (χ2n) is 6.76. The van der Waals surface area contributed by atoms with Gasteiger partial charge in [0.1, 0.15) is 4.21 Å². The molecule has 0 bridgehead atoms. The molecule has 7 nitrogen and oxygen atoms in total. The summed E-state index contributed by atoms with van der Waals surface area (Å²) >= 11 is 0.977. The van der Waals surface area contributed by atoms with Crippen LogP contribution in [0.15, 0.2) is 40.6 Å². The Morgan fingerprint density at radius 1 is 1.13 bits per heavy atom. The largest absolute Gasteiger partial charge is 0.478 e. The number of aliphatic carboxylic acids is 1. The number of nitrogens with zero attached hydrogens (tertiary/aromatic N) is 2. The van der Waals surface area contributed by atoms with Crippen molar-refractivity contribution in [3.63, 3.8) is 0 Å². The van der Waals surface area contributed by atoms with Gasteiger partial charge in [0.2, 0.25) is 0 Å². The molecular formula is C21H26N2O5S2. The maximum atomic E-state index is 12.8. The number of hydrogen-bond donors (Lipinski definition) is 1. The molecule has 1 N–H and O–H groups in total. The van der Waals surface area contributed by atoms with E-state index in [0.717, 1.165) is 35.7 Å². The Hall–Kier alpha value is -2.20. The summed E-state index contributed by atoms with van der Waals surface area (Å²) in [4.78, 5) is 14.5. The van der Waals surface area contributed by atoms with E-state index in [0.29, 0.717) is 31.2 Å². The Balaban J connectivity index is 1.88. The molecule has 3 rings (SSSR count). The third kappa shape index (κ3) is 4.92. The van der Waals surface area contributed by atoms with Gasteiger partial charge in [-0.25, -0.2) is 13.2 Å². The number of carbonyl (C=O) groups is 1. The van der Waals surface area contributed by atoms with Crippen molar-refractivity contribution in [2.45, 2.75) is 18.1 Å². The molecule has 9 heteroatoms. The summed E-state index contributed by atoms with van der Waals surface area (Å²) < 4.78 is 32.4. The molecule has 0 amide bonds. The number of anilines is 1. The van der Waals surface area contributed by atoms with Gasteiger partial charge >= 0.3 is 5.97 Å². The molecule has 1 aromatic heterocycles. The first-order valence-corrected chi connectivity index (χ1v) is 12.1. The van der Waals surface area contributed by atoms with Gasteiger partial charge in [-0.3, -0.25) is 0 Å². The van der Waals surface area contributed by atoms with Crippen LogP contribution in [-0.2, 0) is 19.6 Å². The van der Waals surface area contributed by atoms with Crippen molar-refractivity contribution < 1.29 is 23.1 Å². The average Bonchev–Trinajstić information content (AvgIpc) is 3.25. The average molecular weight is 451 g/mol. The molecule has 1 aliphatic rings. The summed E-state index contributed by atoms with van der Waals surface area (Å²) in [6.07, 6.45) is 1.57. The lowest BCUT2D eigenvalue weighted by atomic mass is 10.1. The van der Waals surface area contributed by atoms with Crippen LogP contribution in [0, 0.1) is 0 Å². The standard InChI is InChI=1S/C21H26N2O5S2/c1-3-22(4-2)17-7-5-16(6-8-17)15-18(21(24)25)19-9-10-20(29-19)30(26,27)23-11-13-28-14-12-23/h5-10,15H,3-4,11-14H2,1-2H3,(H,24,25). The number of rotatable bonds is 8. The molecule has 0 atom stereocenters. The van der Waals surface area contributed by atoms with Gasteiger partial charge in [0.05, 0.1) is 18.8 Å². The van der Waals surface area contributed by atoms with Crippen molar-refractivity contribution in [2.24, 2.45) is 0 Å². The summed E-state index contributed by atoms with van der Waals surface area (Å²) in [5, 5.41) is 9.72. The van der Waals surface area contributed by atoms with E-state index in [9.17, 15) is 18.3 Å². The van der Waals surface area contributed by atoms with Crippen LogP contribution < -0.4 is 4.90 Å². The molecule has 30 heavy (non-hydrogen) atoms. The van der Waals surface area contributed by atoms with Gasteiger partial charge in [-0.2, -0.15) is 4.31 Å². The Labute approximate surface area is 181 Å². The van der Waals surface area contributed by atoms with E-state index in [1.807, 2.05) is 24.3 Å².